The summed E-state index contributed by atoms with van der Waals surface area (Å²) in [7, 11) is 0. The van der Waals surface area contributed by atoms with Gasteiger partial charge >= 0.3 is 11.4 Å². The second kappa shape index (κ2) is 8.49. The molecule has 0 aromatic rings. The van der Waals surface area contributed by atoms with Crippen molar-refractivity contribution in [3.8, 4) is 0 Å². The van der Waals surface area contributed by atoms with Crippen molar-refractivity contribution in [1.82, 2.24) is 5.32 Å². The highest BCUT2D eigenvalue weighted by atomic mass is 35.5. The lowest BCUT2D eigenvalue weighted by Gasteiger charge is -2.18. The average molecular weight is 238 g/mol. The van der Waals surface area contributed by atoms with Crippen LogP contribution in [0, 0.1) is 0 Å². The van der Waals surface area contributed by atoms with E-state index in [1.54, 1.807) is 6.92 Å². The molecule has 1 atom stereocenters. The summed E-state index contributed by atoms with van der Waals surface area (Å²) < 4.78 is 4.17. The summed E-state index contributed by atoms with van der Waals surface area (Å²) in [4.78, 5) is 19.9. The standard InChI is InChI=1S/C6H11NO2.C3H5ClO2/c8-6(9)5-3-1-2-4-7-5;1-2-6-3(4)5/h5,7H,1-4H2,(H,8,9);2H2,1H3/t5-;/m1./s1. The van der Waals surface area contributed by atoms with Gasteiger partial charge < -0.3 is 15.2 Å². The summed E-state index contributed by atoms with van der Waals surface area (Å²) in [6.45, 7) is 2.90. The topological polar surface area (TPSA) is 75.6 Å². The first kappa shape index (κ1) is 14.2. The molecule has 0 amide bonds. The highest BCUT2D eigenvalue weighted by Crippen LogP contribution is 2.05. The highest BCUT2D eigenvalue weighted by molar-refractivity contribution is 6.61. The molecule has 1 saturated heterocycles. The summed E-state index contributed by atoms with van der Waals surface area (Å²) in [5, 5.41) is 11.4. The molecule has 1 heterocycles. The van der Waals surface area contributed by atoms with E-state index in [9.17, 15) is 9.59 Å². The van der Waals surface area contributed by atoms with E-state index >= 15 is 0 Å². The van der Waals surface area contributed by atoms with Gasteiger partial charge in [-0.1, -0.05) is 6.42 Å². The van der Waals surface area contributed by atoms with Gasteiger partial charge in [0.15, 0.2) is 0 Å². The molecule has 0 radical (unpaired) electrons. The lowest BCUT2D eigenvalue weighted by Crippen LogP contribution is -2.40. The zero-order valence-electron chi connectivity index (χ0n) is 8.66. The van der Waals surface area contributed by atoms with Crippen molar-refractivity contribution >= 4 is 23.0 Å². The average Bonchev–Trinajstić information content (AvgIpc) is 2.20. The Kier molecular flexibility index (Phi) is 8.04. The Balaban J connectivity index is 0.000000288. The van der Waals surface area contributed by atoms with E-state index in [2.05, 4.69) is 10.1 Å². The fraction of sp³-hybridized carbons (Fsp3) is 0.778. The number of hydrogen-bond donors (Lipinski definition) is 2. The van der Waals surface area contributed by atoms with Crippen molar-refractivity contribution in [3.05, 3.63) is 0 Å². The predicted octanol–water partition coefficient (Wildman–Crippen LogP) is 1.59. The van der Waals surface area contributed by atoms with Crippen molar-refractivity contribution in [3.63, 3.8) is 0 Å². The van der Waals surface area contributed by atoms with E-state index in [0.29, 0.717) is 6.61 Å². The van der Waals surface area contributed by atoms with E-state index in [4.69, 9.17) is 16.7 Å². The zero-order valence-corrected chi connectivity index (χ0v) is 9.42. The first-order valence-corrected chi connectivity index (χ1v) is 5.24. The van der Waals surface area contributed by atoms with Crippen LogP contribution in [0.4, 0.5) is 4.79 Å². The number of hydrogen-bond acceptors (Lipinski definition) is 4. The van der Waals surface area contributed by atoms with Crippen molar-refractivity contribution in [1.29, 1.82) is 0 Å². The van der Waals surface area contributed by atoms with Gasteiger partial charge in [0.2, 0.25) is 0 Å². The SMILES string of the molecule is CCOC(=O)Cl.O=C(O)[C@H]1CCCCN1. The molecule has 88 valence electrons. The number of carboxylic acid groups (broad SMARTS) is 1. The number of piperidine rings is 1. The minimum atomic E-state index is -0.738. The number of ether oxygens (including phenoxy) is 1. The van der Waals surface area contributed by atoms with Crippen LogP contribution in [0.15, 0.2) is 0 Å². The Morgan fingerprint density at radius 2 is 2.20 bits per heavy atom. The van der Waals surface area contributed by atoms with Crippen LogP contribution in [0.1, 0.15) is 26.2 Å². The summed E-state index contributed by atoms with van der Waals surface area (Å²) in [6.07, 6.45) is 2.95. The number of aliphatic carboxylic acids is 1. The normalized spacial score (nSPS) is 19.7. The van der Waals surface area contributed by atoms with Crippen LogP contribution < -0.4 is 5.32 Å². The first-order chi connectivity index (χ1) is 7.07. The van der Waals surface area contributed by atoms with Gasteiger partial charge in [-0.05, 0) is 26.3 Å². The third kappa shape index (κ3) is 8.20. The molecule has 0 aromatic heterocycles. The molecule has 1 fully saturated rings. The maximum atomic E-state index is 10.3. The third-order valence-electron chi connectivity index (χ3n) is 1.87. The van der Waals surface area contributed by atoms with Crippen LogP contribution in [-0.4, -0.2) is 35.7 Å². The Morgan fingerprint density at radius 1 is 1.53 bits per heavy atom. The molecule has 0 aliphatic carbocycles. The molecule has 1 aliphatic rings. The molecule has 0 saturated carbocycles. The smallest absolute Gasteiger partial charge is 0.403 e. The minimum Gasteiger partial charge on any atom is -0.480 e. The molecular formula is C9H16ClNO4. The van der Waals surface area contributed by atoms with Crippen LogP contribution in [0.3, 0.4) is 0 Å². The molecule has 0 spiro atoms. The van der Waals surface area contributed by atoms with Gasteiger partial charge in [-0.3, -0.25) is 4.79 Å². The molecule has 2 N–H and O–H groups in total. The summed E-state index contributed by atoms with van der Waals surface area (Å²) in [5.41, 5.74) is -0.738. The molecule has 0 unspecified atom stereocenters. The number of carboxylic acids is 1. The van der Waals surface area contributed by atoms with Gasteiger partial charge in [0.25, 0.3) is 0 Å². The fourth-order valence-corrected chi connectivity index (χ4v) is 1.29. The Hall–Kier alpha value is -0.810. The molecule has 1 aliphatic heterocycles. The van der Waals surface area contributed by atoms with Crippen molar-refractivity contribution in [2.75, 3.05) is 13.2 Å². The van der Waals surface area contributed by atoms with Crippen molar-refractivity contribution in [2.45, 2.75) is 32.2 Å². The minimum absolute atomic E-state index is 0.279. The van der Waals surface area contributed by atoms with Gasteiger partial charge in [0.05, 0.1) is 6.61 Å². The molecule has 0 bridgehead atoms. The van der Waals surface area contributed by atoms with Crippen LogP contribution in [0.5, 0.6) is 0 Å². The number of rotatable bonds is 2. The van der Waals surface area contributed by atoms with E-state index in [0.717, 1.165) is 25.8 Å². The van der Waals surface area contributed by atoms with E-state index < -0.39 is 11.4 Å². The van der Waals surface area contributed by atoms with Crippen molar-refractivity contribution < 1.29 is 19.4 Å². The first-order valence-electron chi connectivity index (χ1n) is 4.86. The molecule has 6 heteroatoms. The van der Waals surface area contributed by atoms with Crippen LogP contribution in [-0.2, 0) is 9.53 Å². The maximum absolute atomic E-state index is 10.3. The molecular weight excluding hydrogens is 222 g/mol. The van der Waals surface area contributed by atoms with Gasteiger partial charge in [-0.25, -0.2) is 4.79 Å². The lowest BCUT2D eigenvalue weighted by atomic mass is 10.1. The zero-order chi connectivity index (χ0) is 11.7. The van der Waals surface area contributed by atoms with Gasteiger partial charge in [0, 0.05) is 11.6 Å². The Morgan fingerprint density at radius 3 is 2.40 bits per heavy atom. The van der Waals surface area contributed by atoms with Crippen molar-refractivity contribution in [2.24, 2.45) is 0 Å². The van der Waals surface area contributed by atoms with Gasteiger partial charge in [-0.15, -0.1) is 0 Å². The third-order valence-corrected chi connectivity index (χ3v) is 1.98. The van der Waals surface area contributed by atoms with E-state index in [-0.39, 0.29) is 6.04 Å². The van der Waals surface area contributed by atoms with Crippen LogP contribution in [0.25, 0.3) is 0 Å². The maximum Gasteiger partial charge on any atom is 0.403 e. The Bertz CT molecular complexity index is 204. The number of halogens is 1. The molecule has 1 rings (SSSR count). The highest BCUT2D eigenvalue weighted by Gasteiger charge is 2.18. The molecule has 5 nitrogen and oxygen atoms in total. The van der Waals surface area contributed by atoms with Crippen LogP contribution >= 0.6 is 11.6 Å². The summed E-state index contributed by atoms with van der Waals surface area (Å²) in [5.74, 6) is -0.713. The summed E-state index contributed by atoms with van der Waals surface area (Å²) in [6, 6.07) is -0.279. The van der Waals surface area contributed by atoms with E-state index in [1.165, 1.54) is 0 Å². The van der Waals surface area contributed by atoms with Gasteiger partial charge in [0.1, 0.15) is 6.04 Å². The fourth-order valence-electron chi connectivity index (χ4n) is 1.18. The van der Waals surface area contributed by atoms with Gasteiger partial charge in [-0.2, -0.15) is 0 Å². The Labute approximate surface area is 93.7 Å². The number of nitrogens with one attached hydrogen (secondary N) is 1. The predicted molar refractivity (Wildman–Crippen MR) is 56.2 cm³/mol. The van der Waals surface area contributed by atoms with Crippen LogP contribution in [0.2, 0.25) is 0 Å². The molecule has 15 heavy (non-hydrogen) atoms. The largest absolute Gasteiger partial charge is 0.480 e. The second-order valence-corrected chi connectivity index (χ2v) is 3.32. The number of carbonyl (C=O) groups is 2. The monoisotopic (exact) mass is 237 g/mol. The van der Waals surface area contributed by atoms with E-state index in [1.807, 2.05) is 0 Å². The molecule has 0 aromatic carbocycles. The second-order valence-electron chi connectivity index (χ2n) is 3.01. The summed E-state index contributed by atoms with van der Waals surface area (Å²) >= 11 is 4.72. The lowest BCUT2D eigenvalue weighted by molar-refractivity contribution is -0.140. The quantitative estimate of drug-likeness (QED) is 0.714. The number of carbonyl (C=O) groups excluding carboxylic acids is 1.